The van der Waals surface area contributed by atoms with E-state index in [2.05, 4.69) is 200 Å². The van der Waals surface area contributed by atoms with E-state index in [0.29, 0.717) is 17.5 Å². The topological polar surface area (TPSA) is 43.6 Å². The molecular weight excluding hydrogens is 753 g/mol. The number of hydrogen-bond donors (Lipinski definition) is 0. The van der Waals surface area contributed by atoms with Gasteiger partial charge >= 0.3 is 0 Å². The first kappa shape index (κ1) is 35.9. The van der Waals surface area contributed by atoms with Crippen LogP contribution in [0.5, 0.6) is 0 Å². The smallest absolute Gasteiger partial charge is 0.164 e. The summed E-state index contributed by atoms with van der Waals surface area (Å²) in [4.78, 5) is 15.4. The molecule has 0 N–H and O–H groups in total. The van der Waals surface area contributed by atoms with E-state index in [4.69, 9.17) is 15.0 Å². The van der Waals surface area contributed by atoms with Crippen LogP contribution in [0, 0.1) is 0 Å². The van der Waals surface area contributed by atoms with E-state index in [1.54, 1.807) is 0 Å². The van der Waals surface area contributed by atoms with E-state index in [-0.39, 0.29) is 5.41 Å². The largest absolute Gasteiger partial charge is 0.309 e. The van der Waals surface area contributed by atoms with E-state index >= 15 is 0 Å². The molecule has 1 aliphatic rings. The van der Waals surface area contributed by atoms with Crippen LogP contribution in [-0.2, 0) is 5.41 Å². The first-order valence-corrected chi connectivity index (χ1v) is 21.3. The van der Waals surface area contributed by atoms with E-state index in [0.717, 1.165) is 33.5 Å². The van der Waals surface area contributed by atoms with Gasteiger partial charge in [-0.3, -0.25) is 0 Å². The van der Waals surface area contributed by atoms with Crippen molar-refractivity contribution in [2.24, 2.45) is 0 Å². The predicted molar refractivity (Wildman–Crippen MR) is 256 cm³/mol. The van der Waals surface area contributed by atoms with Gasteiger partial charge in [-0.25, -0.2) is 15.0 Å². The molecule has 0 atom stereocenters. The molecule has 2 heterocycles. The maximum Gasteiger partial charge on any atom is 0.164 e. The van der Waals surface area contributed by atoms with Crippen LogP contribution < -0.4 is 0 Å². The van der Waals surface area contributed by atoms with Crippen molar-refractivity contribution in [1.82, 2.24) is 19.5 Å². The molecule has 2 aromatic heterocycles. The molecule has 0 aliphatic heterocycles. The minimum Gasteiger partial charge on any atom is -0.309 e. The molecule has 12 rings (SSSR count). The summed E-state index contributed by atoms with van der Waals surface area (Å²) in [6.45, 7) is 4.71. The Morgan fingerprint density at radius 1 is 0.371 bits per heavy atom. The van der Waals surface area contributed by atoms with Crippen molar-refractivity contribution in [3.05, 3.63) is 217 Å². The highest BCUT2D eigenvalue weighted by Gasteiger charge is 2.35. The number of hydrogen-bond acceptors (Lipinski definition) is 3. The summed E-state index contributed by atoms with van der Waals surface area (Å²) < 4.78 is 2.45. The normalized spacial score (nSPS) is 12.8. The average Bonchev–Trinajstić information content (AvgIpc) is 3.80. The van der Waals surface area contributed by atoms with Crippen molar-refractivity contribution >= 4 is 32.6 Å². The highest BCUT2D eigenvalue weighted by molar-refractivity contribution is 6.23. The molecule has 292 valence electrons. The summed E-state index contributed by atoms with van der Waals surface area (Å²) >= 11 is 0. The van der Waals surface area contributed by atoms with Gasteiger partial charge in [0.15, 0.2) is 17.5 Å². The second kappa shape index (κ2) is 14.1. The zero-order valence-electron chi connectivity index (χ0n) is 34.4. The Hall–Kier alpha value is -7.95. The fraction of sp³-hybridized carbons (Fsp3) is 0.0517. The van der Waals surface area contributed by atoms with Crippen LogP contribution in [0.4, 0.5) is 0 Å². The molecule has 62 heavy (non-hydrogen) atoms. The summed E-state index contributed by atoms with van der Waals surface area (Å²) in [6.07, 6.45) is 0. The molecular formula is C58H40N4. The van der Waals surface area contributed by atoms with E-state index in [1.807, 2.05) is 24.3 Å². The van der Waals surface area contributed by atoms with E-state index < -0.39 is 0 Å². The minimum absolute atomic E-state index is 0.112. The Balaban J connectivity index is 1.06. The van der Waals surface area contributed by atoms with Crippen LogP contribution in [0.3, 0.4) is 0 Å². The molecule has 0 unspecified atom stereocenters. The van der Waals surface area contributed by atoms with Crippen LogP contribution in [0.15, 0.2) is 206 Å². The van der Waals surface area contributed by atoms with Gasteiger partial charge < -0.3 is 4.57 Å². The van der Waals surface area contributed by atoms with Crippen LogP contribution in [0.25, 0.3) is 106 Å². The van der Waals surface area contributed by atoms with Crippen molar-refractivity contribution < 1.29 is 0 Å². The molecule has 0 radical (unpaired) electrons. The molecule has 0 spiro atoms. The van der Waals surface area contributed by atoms with Crippen LogP contribution >= 0.6 is 0 Å². The SMILES string of the molecule is CC1(C)c2ccccc2-c2ccc(-c3cccc4c5c6ccccc6ccc5n(-c5cccc(-c6nc(-c7ccccc7)nc(-c7ccc(-c8ccccc8)cc7)n6)c5)c34)cc21. The number of fused-ring (bicyclic) bond motifs is 8. The molecule has 0 saturated carbocycles. The molecule has 0 saturated heterocycles. The zero-order valence-corrected chi connectivity index (χ0v) is 34.4. The number of nitrogens with zero attached hydrogens (tertiary/aromatic N) is 4. The van der Waals surface area contributed by atoms with Crippen LogP contribution in [0.1, 0.15) is 25.0 Å². The number of para-hydroxylation sites is 1. The summed E-state index contributed by atoms with van der Waals surface area (Å²) in [6, 6.07) is 73.8. The number of benzene rings is 9. The Morgan fingerprint density at radius 3 is 1.71 bits per heavy atom. The van der Waals surface area contributed by atoms with Gasteiger partial charge in [0.1, 0.15) is 0 Å². The van der Waals surface area contributed by atoms with Gasteiger partial charge in [0.2, 0.25) is 0 Å². The molecule has 0 fully saturated rings. The van der Waals surface area contributed by atoms with Crippen LogP contribution in [-0.4, -0.2) is 19.5 Å². The monoisotopic (exact) mass is 792 g/mol. The second-order valence-corrected chi connectivity index (χ2v) is 16.8. The van der Waals surface area contributed by atoms with Crippen LogP contribution in [0.2, 0.25) is 0 Å². The van der Waals surface area contributed by atoms with Gasteiger partial charge in [0.25, 0.3) is 0 Å². The highest BCUT2D eigenvalue weighted by atomic mass is 15.0. The lowest BCUT2D eigenvalue weighted by atomic mass is 9.81. The average molecular weight is 793 g/mol. The minimum atomic E-state index is -0.112. The maximum atomic E-state index is 5.19. The predicted octanol–water partition coefficient (Wildman–Crippen LogP) is 14.8. The first-order valence-electron chi connectivity index (χ1n) is 21.3. The number of aromatic nitrogens is 4. The van der Waals surface area contributed by atoms with Gasteiger partial charge in [-0.05, 0) is 74.0 Å². The Labute approximate surface area is 360 Å². The van der Waals surface area contributed by atoms with E-state index in [1.165, 1.54) is 66.0 Å². The third-order valence-electron chi connectivity index (χ3n) is 12.9. The van der Waals surface area contributed by atoms with Crippen molar-refractivity contribution in [2.45, 2.75) is 19.3 Å². The first-order chi connectivity index (χ1) is 30.5. The third-order valence-corrected chi connectivity index (χ3v) is 12.9. The molecule has 11 aromatic rings. The van der Waals surface area contributed by atoms with Gasteiger partial charge in [-0.15, -0.1) is 0 Å². The van der Waals surface area contributed by atoms with Gasteiger partial charge in [-0.2, -0.15) is 0 Å². The molecule has 4 nitrogen and oxygen atoms in total. The maximum absolute atomic E-state index is 5.19. The second-order valence-electron chi connectivity index (χ2n) is 16.8. The summed E-state index contributed by atoms with van der Waals surface area (Å²) in [5, 5.41) is 4.92. The summed E-state index contributed by atoms with van der Waals surface area (Å²) in [5.74, 6) is 1.89. The summed E-state index contributed by atoms with van der Waals surface area (Å²) in [5.41, 5.74) is 16.1. The molecule has 9 aromatic carbocycles. The third kappa shape index (κ3) is 5.72. The molecule has 0 bridgehead atoms. The number of rotatable bonds is 6. The summed E-state index contributed by atoms with van der Waals surface area (Å²) in [7, 11) is 0. The van der Waals surface area contributed by atoms with Crippen molar-refractivity contribution in [3.8, 4) is 73.2 Å². The standard InChI is InChI=1S/C58H40N4/c1-58(2)50-26-12-11-23-47(50)48-33-31-42(36-51(48)58)46-24-14-25-49-53-45-22-10-9-17-39(45)32-34-52(53)62(54(46)49)44-21-13-20-43(35-44)57-60-55(40-18-7-4-8-19-40)59-56(61-57)41-29-27-38(28-30-41)37-15-5-3-6-16-37/h3-36H,1-2H3. The Kier molecular flexibility index (Phi) is 8.16. The van der Waals surface area contributed by atoms with Gasteiger partial charge in [0.05, 0.1) is 11.0 Å². The molecule has 4 heteroatoms. The quantitative estimate of drug-likeness (QED) is 0.168. The van der Waals surface area contributed by atoms with Gasteiger partial charge in [0, 0.05) is 44.1 Å². The molecule has 0 amide bonds. The lowest BCUT2D eigenvalue weighted by Gasteiger charge is -2.22. The Bertz CT molecular complexity index is 3530. The zero-order chi connectivity index (χ0) is 41.4. The van der Waals surface area contributed by atoms with Crippen molar-refractivity contribution in [3.63, 3.8) is 0 Å². The fourth-order valence-corrected chi connectivity index (χ4v) is 9.79. The Morgan fingerprint density at radius 2 is 0.919 bits per heavy atom. The highest BCUT2D eigenvalue weighted by Crippen LogP contribution is 2.50. The van der Waals surface area contributed by atoms with Gasteiger partial charge in [-0.1, -0.05) is 196 Å². The molecule has 1 aliphatic carbocycles. The van der Waals surface area contributed by atoms with Crippen molar-refractivity contribution in [2.75, 3.05) is 0 Å². The fourth-order valence-electron chi connectivity index (χ4n) is 9.79. The lowest BCUT2D eigenvalue weighted by molar-refractivity contribution is 0.660. The van der Waals surface area contributed by atoms with E-state index in [9.17, 15) is 0 Å². The lowest BCUT2D eigenvalue weighted by Crippen LogP contribution is -2.14. The van der Waals surface area contributed by atoms with Crippen molar-refractivity contribution in [1.29, 1.82) is 0 Å².